The van der Waals surface area contributed by atoms with Crippen LogP contribution in [0.5, 0.6) is 57.5 Å². The summed E-state index contributed by atoms with van der Waals surface area (Å²) in [5, 5.41) is 14.5. The molecular weight excluding hydrogens is 1690 g/mol. The van der Waals surface area contributed by atoms with E-state index in [2.05, 4.69) is 69.3 Å². The molecule has 5 N–H and O–H groups in total. The van der Waals surface area contributed by atoms with Gasteiger partial charge in [-0.05, 0) is 159 Å². The third-order valence-electron chi connectivity index (χ3n) is 16.9. The minimum Gasteiger partial charge on any atom is -0.456 e. The molecule has 15 rings (SSSR count). The molecule has 5 aromatic heterocycles. The Balaban J connectivity index is 0.000000155. The van der Waals surface area contributed by atoms with E-state index in [1.807, 2.05) is 44.2 Å². The van der Waals surface area contributed by atoms with Crippen LogP contribution in [-0.2, 0) is 6.18 Å². The van der Waals surface area contributed by atoms with Gasteiger partial charge in [0.25, 0.3) is 29.5 Å². The molecule has 0 unspecified atom stereocenters. The molecule has 128 heavy (non-hydrogen) atoms. The lowest BCUT2D eigenvalue weighted by Crippen LogP contribution is -2.12. The van der Waals surface area contributed by atoms with Gasteiger partial charge in [0.15, 0.2) is 0 Å². The molecule has 10 aromatic carbocycles. The summed E-state index contributed by atoms with van der Waals surface area (Å²) in [4.78, 5) is 80.1. The van der Waals surface area contributed by atoms with E-state index in [0.717, 1.165) is 42.0 Å². The predicted molar refractivity (Wildman–Crippen MR) is 474 cm³/mol. The standard InChI is InChI=1S/C21H13F3N2O2.C20H12ClFN2O2.C20H13FN2O2.C19H14ClFN2O2.C19H15FN2O2/c1-2-14-5-3-6-15(9-14)20(27)26-17-7-4-8-18(11-17)28-19-10-16(12-25-13-19)21(22,23)24;1-2-13-4-3-5-14(6-13)20(25)24-17-7-15(21)8-18(10-17)26-19-9-16(22)11-23-12-19;1-2-14-5-3-6-15(9-14)20(24)23-17-7-4-8-18(11-17)25-19-10-16(21)12-22-13-19;1-12-3-2-4-13(5-12)19(24)23-16-6-14(20)7-17(9-16)25-18-8-15(21)10-22-11-18;1-13-4-2-5-14(8-13)19(23)22-16-6-3-7-17(10-16)24-18-9-15(20)11-21-12-18/h1,3-13H,(H,26,27);1,3-12H,(H,24,25);1,3-13H,(H,23,24);2-11H,1H3,(H,23,24);2-12H,1H3,(H,22,23). The van der Waals surface area contributed by atoms with Crippen LogP contribution in [0.25, 0.3) is 0 Å². The van der Waals surface area contributed by atoms with Crippen molar-refractivity contribution in [1.82, 2.24) is 24.9 Å². The number of aromatic nitrogens is 5. The van der Waals surface area contributed by atoms with Gasteiger partial charge in [0.1, 0.15) is 80.8 Å². The molecule has 29 heteroatoms. The van der Waals surface area contributed by atoms with Gasteiger partial charge in [-0.25, -0.2) is 17.6 Å². The van der Waals surface area contributed by atoms with Crippen LogP contribution in [0.2, 0.25) is 10.0 Å². The fraction of sp³-hybridized carbons (Fsp3) is 0.0303. The zero-order valence-electron chi connectivity index (χ0n) is 67.1. The second kappa shape index (κ2) is 44.7. The average Bonchev–Trinajstić information content (AvgIpc) is 0.845. The van der Waals surface area contributed by atoms with Gasteiger partial charge in [-0.15, -0.1) is 19.3 Å². The van der Waals surface area contributed by atoms with Crippen molar-refractivity contribution in [2.75, 3.05) is 26.6 Å². The molecule has 0 bridgehead atoms. The summed E-state index contributed by atoms with van der Waals surface area (Å²) in [5.41, 5.74) is 7.69. The number of halogens is 9. The van der Waals surface area contributed by atoms with Gasteiger partial charge in [-0.1, -0.05) is 113 Å². The highest BCUT2D eigenvalue weighted by Crippen LogP contribution is 2.35. The van der Waals surface area contributed by atoms with E-state index < -0.39 is 35.0 Å². The van der Waals surface area contributed by atoms with E-state index in [9.17, 15) is 54.7 Å². The molecule has 0 saturated carbocycles. The molecule has 0 aliphatic rings. The van der Waals surface area contributed by atoms with Crippen LogP contribution < -0.4 is 50.3 Å². The van der Waals surface area contributed by atoms with Crippen LogP contribution in [0.4, 0.5) is 59.2 Å². The number of pyridine rings is 5. The lowest BCUT2D eigenvalue weighted by molar-refractivity contribution is -0.137. The Morgan fingerprint density at radius 3 is 0.836 bits per heavy atom. The second-order valence-electron chi connectivity index (χ2n) is 26.9. The molecule has 0 aliphatic heterocycles. The van der Waals surface area contributed by atoms with Crippen molar-refractivity contribution in [1.29, 1.82) is 0 Å². The first-order valence-electron chi connectivity index (χ1n) is 37.8. The fourth-order valence-electron chi connectivity index (χ4n) is 11.2. The first-order chi connectivity index (χ1) is 61.6. The van der Waals surface area contributed by atoms with Gasteiger partial charge < -0.3 is 50.3 Å². The van der Waals surface area contributed by atoms with Crippen molar-refractivity contribution in [3.63, 3.8) is 0 Å². The van der Waals surface area contributed by atoms with E-state index in [0.29, 0.717) is 112 Å². The Kier molecular flexibility index (Phi) is 32.1. The predicted octanol–water partition coefficient (Wildman–Crippen LogP) is 24.1. The number of anilines is 5. The molecular formula is C99H67Cl2F7N10O10. The number of alkyl halides is 3. The maximum absolute atomic E-state index is 13.2. The number of nitrogens with one attached hydrogen (secondary N) is 5. The maximum atomic E-state index is 13.2. The Labute approximate surface area is 738 Å². The molecule has 636 valence electrons. The zero-order valence-corrected chi connectivity index (χ0v) is 68.6. The van der Waals surface area contributed by atoms with Gasteiger partial charge in [0, 0.05) is 144 Å². The SMILES string of the molecule is C#Cc1cccc(C(=O)Nc2cc(Cl)cc(Oc3cncc(F)c3)c2)c1.C#Cc1cccc(C(=O)Nc2cccc(Oc3cncc(C(F)(F)F)c3)c2)c1.C#Cc1cccc(C(=O)Nc2cccc(Oc3cncc(F)c3)c2)c1.Cc1cccc(C(=O)Nc2cc(Cl)cc(Oc3cncc(F)c3)c2)c1.Cc1cccc(C(=O)Nc2cccc(Oc3cncc(F)c3)c2)c1. The summed E-state index contributed by atoms with van der Waals surface area (Å²) in [6, 6.07) is 69.7. The van der Waals surface area contributed by atoms with Gasteiger partial charge >= 0.3 is 6.18 Å². The minimum atomic E-state index is -4.52. The molecule has 0 fully saturated rings. The molecule has 0 aliphatic carbocycles. The number of aryl methyl sites for hydroxylation is 2. The number of ether oxygens (including phenoxy) is 5. The molecule has 0 radical (unpaired) electrons. The van der Waals surface area contributed by atoms with Crippen molar-refractivity contribution in [2.24, 2.45) is 0 Å². The Morgan fingerprint density at radius 2 is 0.547 bits per heavy atom. The largest absolute Gasteiger partial charge is 0.456 e. The number of amides is 5. The molecule has 20 nitrogen and oxygen atoms in total. The third kappa shape index (κ3) is 29.1. The van der Waals surface area contributed by atoms with Crippen molar-refractivity contribution in [3.8, 4) is 94.5 Å². The molecule has 15 aromatic rings. The summed E-state index contributed by atoms with van der Waals surface area (Å²) in [7, 11) is 0. The van der Waals surface area contributed by atoms with Gasteiger partial charge in [-0.3, -0.25) is 48.9 Å². The fourth-order valence-corrected chi connectivity index (χ4v) is 11.7. The number of benzene rings is 10. The van der Waals surface area contributed by atoms with E-state index in [1.54, 1.807) is 194 Å². The van der Waals surface area contributed by atoms with Crippen LogP contribution >= 0.6 is 23.2 Å². The van der Waals surface area contributed by atoms with Crippen LogP contribution in [0.1, 0.15) is 85.2 Å². The number of terminal acetylenes is 3. The lowest BCUT2D eigenvalue weighted by atomic mass is 10.1. The number of carbonyl (C=O) groups is 5. The van der Waals surface area contributed by atoms with Crippen LogP contribution in [-0.4, -0.2) is 54.5 Å². The third-order valence-corrected chi connectivity index (χ3v) is 17.3. The quantitative estimate of drug-likeness (QED) is 0.0351. The number of carbonyl (C=O) groups excluding carboxylic acids is 5. The first-order valence-corrected chi connectivity index (χ1v) is 38.5. The number of rotatable bonds is 20. The normalized spacial score (nSPS) is 10.3. The van der Waals surface area contributed by atoms with E-state index in [1.165, 1.54) is 61.3 Å². The van der Waals surface area contributed by atoms with Crippen molar-refractivity contribution in [2.45, 2.75) is 20.0 Å². The first kappa shape index (κ1) is 91.8. The van der Waals surface area contributed by atoms with E-state index in [4.69, 9.17) is 66.2 Å². The highest BCUT2D eigenvalue weighted by atomic mass is 35.5. The van der Waals surface area contributed by atoms with Gasteiger partial charge in [-0.2, -0.15) is 13.2 Å². The van der Waals surface area contributed by atoms with Crippen molar-refractivity contribution < 1.29 is 78.4 Å². The van der Waals surface area contributed by atoms with Crippen LogP contribution in [0.3, 0.4) is 0 Å². The summed E-state index contributed by atoms with van der Waals surface area (Å²) in [6.07, 6.45) is 23.3. The smallest absolute Gasteiger partial charge is 0.418 e. The van der Waals surface area contributed by atoms with Gasteiger partial charge in [0.2, 0.25) is 0 Å². The number of hydrogen-bond donors (Lipinski definition) is 5. The topological polar surface area (TPSA) is 256 Å². The summed E-state index contributed by atoms with van der Waals surface area (Å²) >= 11 is 12.2. The maximum Gasteiger partial charge on any atom is 0.418 e. The highest BCUT2D eigenvalue weighted by molar-refractivity contribution is 6.31. The minimum absolute atomic E-state index is 0.0694. The molecule has 0 spiro atoms. The molecule has 5 amide bonds. The van der Waals surface area contributed by atoms with Crippen LogP contribution in [0.15, 0.2) is 323 Å². The monoisotopic (exact) mass is 1760 g/mol. The average molecular weight is 1760 g/mol. The summed E-state index contributed by atoms with van der Waals surface area (Å²) in [6.45, 7) is 3.84. The second-order valence-corrected chi connectivity index (χ2v) is 27.8. The van der Waals surface area contributed by atoms with E-state index >= 15 is 0 Å². The lowest BCUT2D eigenvalue weighted by Gasteiger charge is -2.11. The van der Waals surface area contributed by atoms with E-state index in [-0.39, 0.29) is 64.0 Å². The number of nitrogens with zero attached hydrogens (tertiary/aromatic N) is 5. The molecule has 5 heterocycles. The van der Waals surface area contributed by atoms with Gasteiger partial charge in [0.05, 0.1) is 61.3 Å². The van der Waals surface area contributed by atoms with Crippen LogP contribution in [0, 0.1) is 74.1 Å². The number of hydrogen-bond acceptors (Lipinski definition) is 15. The Bertz CT molecular complexity index is 6690. The highest BCUT2D eigenvalue weighted by Gasteiger charge is 2.31. The zero-order chi connectivity index (χ0) is 91.1. The van der Waals surface area contributed by atoms with Crippen molar-refractivity contribution >= 4 is 81.2 Å². The summed E-state index contributed by atoms with van der Waals surface area (Å²) < 4.78 is 119. The Hall–Kier alpha value is -16.9. The van der Waals surface area contributed by atoms with Crippen molar-refractivity contribution in [3.05, 3.63) is 417 Å². The molecule has 0 atom stereocenters. The molecule has 0 saturated heterocycles. The Morgan fingerprint density at radius 1 is 0.289 bits per heavy atom. The summed E-state index contributed by atoms with van der Waals surface area (Å²) in [5.74, 6) is 6.74.